The quantitative estimate of drug-likeness (QED) is 0.613. The molecule has 1 aliphatic rings. The number of carbonyl (C=O) groups excluding carboxylic acids is 1. The number of hydrogen-bond acceptors (Lipinski definition) is 3. The van der Waals surface area contributed by atoms with Gasteiger partial charge in [0.15, 0.2) is 0 Å². The molecule has 2 rings (SSSR count). The Labute approximate surface area is 76.4 Å². The molecule has 1 aromatic rings. The average molecular weight is 180 g/mol. The topological polar surface area (TPSA) is 51.0 Å². The van der Waals surface area contributed by atoms with Gasteiger partial charge in [0.2, 0.25) is 5.82 Å². The van der Waals surface area contributed by atoms with Gasteiger partial charge in [-0.2, -0.15) is 0 Å². The summed E-state index contributed by atoms with van der Waals surface area (Å²) in [7, 11) is 1.76. The van der Waals surface area contributed by atoms with Crippen LogP contribution in [0.2, 0.25) is 0 Å². The first-order chi connectivity index (χ1) is 6.27. The zero-order valence-corrected chi connectivity index (χ0v) is 7.60. The highest BCUT2D eigenvalue weighted by Gasteiger charge is 2.22. The molecule has 70 valence electrons. The maximum Gasteiger partial charge on any atom is 0.293 e. The Kier molecular flexibility index (Phi) is 2.00. The molecule has 1 aliphatic heterocycles. The fraction of sp³-hybridized carbons (Fsp3) is 0.625. The summed E-state index contributed by atoms with van der Waals surface area (Å²) in [5.74, 6) is 0.266. The van der Waals surface area contributed by atoms with Gasteiger partial charge in [0, 0.05) is 20.1 Å². The molecule has 5 heteroatoms. The molecule has 0 N–H and O–H groups in total. The monoisotopic (exact) mass is 180 g/mol. The van der Waals surface area contributed by atoms with E-state index >= 15 is 0 Å². The fourth-order valence-corrected chi connectivity index (χ4v) is 1.50. The molecule has 1 amide bonds. The van der Waals surface area contributed by atoms with Crippen LogP contribution in [0.1, 0.15) is 23.5 Å². The number of carbonyl (C=O) groups is 1. The Hall–Kier alpha value is -1.39. The average Bonchev–Trinajstić information content (AvgIpc) is 2.72. The van der Waals surface area contributed by atoms with Gasteiger partial charge >= 0.3 is 0 Å². The summed E-state index contributed by atoms with van der Waals surface area (Å²) in [6.07, 6.45) is 3.74. The molecule has 0 saturated carbocycles. The van der Waals surface area contributed by atoms with E-state index in [4.69, 9.17) is 0 Å². The highest BCUT2D eigenvalue weighted by Crippen LogP contribution is 2.09. The van der Waals surface area contributed by atoms with Crippen LogP contribution in [0.3, 0.4) is 0 Å². The number of amides is 1. The van der Waals surface area contributed by atoms with Gasteiger partial charge in [-0.25, -0.2) is 4.98 Å². The maximum absolute atomic E-state index is 11.6. The smallest absolute Gasteiger partial charge is 0.293 e. The van der Waals surface area contributed by atoms with Crippen molar-refractivity contribution in [3.63, 3.8) is 0 Å². The van der Waals surface area contributed by atoms with Gasteiger partial charge < -0.3 is 4.90 Å². The first-order valence-electron chi connectivity index (χ1n) is 4.42. The molecular weight excluding hydrogens is 168 g/mol. The van der Waals surface area contributed by atoms with E-state index in [0.29, 0.717) is 5.82 Å². The van der Waals surface area contributed by atoms with Crippen molar-refractivity contribution in [3.05, 3.63) is 12.2 Å². The van der Waals surface area contributed by atoms with Crippen molar-refractivity contribution in [3.8, 4) is 0 Å². The van der Waals surface area contributed by atoms with E-state index in [1.807, 2.05) is 0 Å². The molecule has 0 bridgehead atoms. The number of nitrogens with zero attached hydrogens (tertiary/aromatic N) is 4. The number of aromatic nitrogens is 3. The SMILES string of the molecule is Cn1cnc(C(=O)N2CCCC2)n1. The van der Waals surface area contributed by atoms with Crippen molar-refractivity contribution < 1.29 is 4.79 Å². The lowest BCUT2D eigenvalue weighted by atomic mass is 10.4. The van der Waals surface area contributed by atoms with Crippen molar-refractivity contribution in [1.82, 2.24) is 19.7 Å². The van der Waals surface area contributed by atoms with Crippen LogP contribution in [0.5, 0.6) is 0 Å². The molecule has 0 aliphatic carbocycles. The predicted octanol–water partition coefficient (Wildman–Crippen LogP) is 0.0511. The zero-order valence-electron chi connectivity index (χ0n) is 7.60. The summed E-state index contributed by atoms with van der Waals surface area (Å²) in [5.41, 5.74) is 0. The second-order valence-corrected chi connectivity index (χ2v) is 3.24. The van der Waals surface area contributed by atoms with E-state index in [9.17, 15) is 4.79 Å². The van der Waals surface area contributed by atoms with E-state index in [1.165, 1.54) is 0 Å². The lowest BCUT2D eigenvalue weighted by Crippen LogP contribution is -2.28. The van der Waals surface area contributed by atoms with Crippen LogP contribution in [0, 0.1) is 0 Å². The Bertz CT molecular complexity index is 314. The first-order valence-corrected chi connectivity index (χ1v) is 4.42. The summed E-state index contributed by atoms with van der Waals surface area (Å²) in [4.78, 5) is 17.4. The van der Waals surface area contributed by atoms with E-state index in [0.717, 1.165) is 25.9 Å². The summed E-state index contributed by atoms with van der Waals surface area (Å²) < 4.78 is 1.54. The third-order valence-corrected chi connectivity index (χ3v) is 2.18. The third kappa shape index (κ3) is 1.54. The predicted molar refractivity (Wildman–Crippen MR) is 46.1 cm³/mol. The van der Waals surface area contributed by atoms with Crippen molar-refractivity contribution in [2.24, 2.45) is 7.05 Å². The number of hydrogen-bond donors (Lipinski definition) is 0. The summed E-state index contributed by atoms with van der Waals surface area (Å²) in [6, 6.07) is 0. The lowest BCUT2D eigenvalue weighted by Gasteiger charge is -2.11. The molecule has 0 radical (unpaired) electrons. The third-order valence-electron chi connectivity index (χ3n) is 2.18. The Morgan fingerprint density at radius 1 is 1.46 bits per heavy atom. The molecule has 0 spiro atoms. The highest BCUT2D eigenvalue weighted by molar-refractivity contribution is 5.90. The van der Waals surface area contributed by atoms with Gasteiger partial charge in [0.25, 0.3) is 5.91 Å². The van der Waals surface area contributed by atoms with Crippen LogP contribution in [0.25, 0.3) is 0 Å². The molecule has 0 atom stereocenters. The second kappa shape index (κ2) is 3.16. The standard InChI is InChI=1S/C8H12N4O/c1-11-6-9-7(10-11)8(13)12-4-2-3-5-12/h6H,2-5H2,1H3. The molecule has 0 unspecified atom stereocenters. The molecule has 1 saturated heterocycles. The van der Waals surface area contributed by atoms with Gasteiger partial charge in [-0.15, -0.1) is 5.10 Å². The highest BCUT2D eigenvalue weighted by atomic mass is 16.2. The van der Waals surface area contributed by atoms with Crippen LogP contribution in [-0.2, 0) is 7.05 Å². The number of likely N-dealkylation sites (tertiary alicyclic amines) is 1. The van der Waals surface area contributed by atoms with Crippen LogP contribution in [0.15, 0.2) is 6.33 Å². The molecule has 1 fully saturated rings. The van der Waals surface area contributed by atoms with Crippen molar-refractivity contribution in [2.75, 3.05) is 13.1 Å². The number of rotatable bonds is 1. The number of aryl methyl sites for hydroxylation is 1. The van der Waals surface area contributed by atoms with Crippen molar-refractivity contribution >= 4 is 5.91 Å². The van der Waals surface area contributed by atoms with Gasteiger partial charge in [-0.3, -0.25) is 9.48 Å². The van der Waals surface area contributed by atoms with E-state index in [-0.39, 0.29) is 5.91 Å². The second-order valence-electron chi connectivity index (χ2n) is 3.24. The molecule has 2 heterocycles. The minimum atomic E-state index is -0.0434. The van der Waals surface area contributed by atoms with E-state index in [2.05, 4.69) is 10.1 Å². The minimum absolute atomic E-state index is 0.0434. The molecule has 0 aromatic carbocycles. The van der Waals surface area contributed by atoms with E-state index < -0.39 is 0 Å². The van der Waals surface area contributed by atoms with Crippen LogP contribution >= 0.6 is 0 Å². The molecule has 1 aromatic heterocycles. The Morgan fingerprint density at radius 2 is 2.15 bits per heavy atom. The molecule has 5 nitrogen and oxygen atoms in total. The van der Waals surface area contributed by atoms with E-state index in [1.54, 1.807) is 23.0 Å². The lowest BCUT2D eigenvalue weighted by molar-refractivity contribution is 0.0780. The van der Waals surface area contributed by atoms with Gasteiger partial charge in [0.05, 0.1) is 0 Å². The molecular formula is C8H12N4O. The maximum atomic E-state index is 11.6. The van der Waals surface area contributed by atoms with Crippen molar-refractivity contribution in [1.29, 1.82) is 0 Å². The fourth-order valence-electron chi connectivity index (χ4n) is 1.50. The zero-order chi connectivity index (χ0) is 9.26. The normalized spacial score (nSPS) is 16.5. The van der Waals surface area contributed by atoms with Crippen LogP contribution < -0.4 is 0 Å². The van der Waals surface area contributed by atoms with Gasteiger partial charge in [0.1, 0.15) is 6.33 Å². The summed E-state index contributed by atoms with van der Waals surface area (Å²) >= 11 is 0. The van der Waals surface area contributed by atoms with Crippen LogP contribution in [-0.4, -0.2) is 38.7 Å². The Morgan fingerprint density at radius 3 is 2.69 bits per heavy atom. The summed E-state index contributed by atoms with van der Waals surface area (Å²) in [5, 5.41) is 3.97. The first kappa shape index (κ1) is 8.22. The molecule has 13 heavy (non-hydrogen) atoms. The Balaban J connectivity index is 2.12. The van der Waals surface area contributed by atoms with Gasteiger partial charge in [-0.05, 0) is 12.8 Å². The van der Waals surface area contributed by atoms with Gasteiger partial charge in [-0.1, -0.05) is 0 Å². The summed E-state index contributed by atoms with van der Waals surface area (Å²) in [6.45, 7) is 1.69. The van der Waals surface area contributed by atoms with Crippen LogP contribution in [0.4, 0.5) is 0 Å². The van der Waals surface area contributed by atoms with Crippen molar-refractivity contribution in [2.45, 2.75) is 12.8 Å². The minimum Gasteiger partial charge on any atom is -0.336 e. The largest absolute Gasteiger partial charge is 0.336 e.